The fourth-order valence-corrected chi connectivity index (χ4v) is 1.22. The van der Waals surface area contributed by atoms with Crippen LogP contribution in [0.3, 0.4) is 0 Å². The number of nitrogen functional groups attached to an aromatic ring is 1. The molecule has 0 amide bonds. The molecule has 2 N–H and O–H groups in total. The largest absolute Gasteiger partial charge is 0.465 e. The third-order valence-corrected chi connectivity index (χ3v) is 1.85. The summed E-state index contributed by atoms with van der Waals surface area (Å²) < 4.78 is 0. The van der Waals surface area contributed by atoms with Crippen LogP contribution in [0, 0.1) is 5.39 Å². The Balaban J connectivity index is 2.82. The SMILES string of the molecule is N#[N+]c1ccc2c(N)cccc2n1. The molecule has 62 valence electrons. The molecule has 2 rings (SSSR count). The summed E-state index contributed by atoms with van der Waals surface area (Å²) in [5.74, 6) is 0.290. The number of fused-ring (bicyclic) bond motifs is 1. The van der Waals surface area contributed by atoms with Crippen molar-refractivity contribution in [2.45, 2.75) is 0 Å². The fourth-order valence-electron chi connectivity index (χ4n) is 1.22. The highest BCUT2D eigenvalue weighted by Crippen LogP contribution is 2.21. The van der Waals surface area contributed by atoms with Crippen molar-refractivity contribution >= 4 is 22.4 Å². The molecule has 1 aromatic heterocycles. The van der Waals surface area contributed by atoms with Gasteiger partial charge < -0.3 is 5.73 Å². The van der Waals surface area contributed by atoms with Crippen molar-refractivity contribution in [3.05, 3.63) is 35.3 Å². The Morgan fingerprint density at radius 1 is 1.23 bits per heavy atom. The molecule has 0 saturated heterocycles. The molecule has 2 aromatic rings. The smallest absolute Gasteiger partial charge is 0.398 e. The van der Waals surface area contributed by atoms with E-state index in [1.165, 1.54) is 0 Å². The number of nitrogens with zero attached hydrogens (tertiary/aromatic N) is 3. The minimum atomic E-state index is 0.290. The van der Waals surface area contributed by atoms with E-state index >= 15 is 0 Å². The molecular weight excluding hydrogens is 164 g/mol. The third-order valence-electron chi connectivity index (χ3n) is 1.85. The molecule has 4 heteroatoms. The highest BCUT2D eigenvalue weighted by molar-refractivity contribution is 5.90. The van der Waals surface area contributed by atoms with Gasteiger partial charge >= 0.3 is 5.82 Å². The van der Waals surface area contributed by atoms with E-state index in [4.69, 9.17) is 11.1 Å². The van der Waals surface area contributed by atoms with Gasteiger partial charge in [-0.2, -0.15) is 0 Å². The number of nitrogens with two attached hydrogens (primary N) is 1. The first-order valence-corrected chi connectivity index (χ1v) is 3.81. The summed E-state index contributed by atoms with van der Waals surface area (Å²) in [4.78, 5) is 7.06. The van der Waals surface area contributed by atoms with E-state index in [1.54, 1.807) is 18.2 Å². The van der Waals surface area contributed by atoms with Crippen LogP contribution in [-0.2, 0) is 0 Å². The molecule has 0 saturated carbocycles. The minimum Gasteiger partial charge on any atom is -0.398 e. The predicted molar refractivity (Wildman–Crippen MR) is 50.9 cm³/mol. The van der Waals surface area contributed by atoms with E-state index in [-0.39, 0.29) is 5.82 Å². The molecule has 4 nitrogen and oxygen atoms in total. The second kappa shape index (κ2) is 2.72. The topological polar surface area (TPSA) is 67.1 Å². The molecule has 0 atom stereocenters. The van der Waals surface area contributed by atoms with E-state index in [9.17, 15) is 0 Å². The van der Waals surface area contributed by atoms with E-state index < -0.39 is 0 Å². The van der Waals surface area contributed by atoms with Crippen LogP contribution in [0.4, 0.5) is 11.5 Å². The highest BCUT2D eigenvalue weighted by atomic mass is 15.0. The monoisotopic (exact) mass is 171 g/mol. The first kappa shape index (κ1) is 7.50. The van der Waals surface area contributed by atoms with Crippen molar-refractivity contribution in [3.63, 3.8) is 0 Å². The number of diazo groups is 1. The van der Waals surface area contributed by atoms with Crippen LogP contribution in [0.15, 0.2) is 30.3 Å². The van der Waals surface area contributed by atoms with Crippen LogP contribution in [0.25, 0.3) is 15.9 Å². The maximum Gasteiger partial charge on any atom is 0.465 e. The summed E-state index contributed by atoms with van der Waals surface area (Å²) in [5.41, 5.74) is 7.12. The lowest BCUT2D eigenvalue weighted by atomic mass is 10.2. The van der Waals surface area contributed by atoms with Gasteiger partial charge in [0, 0.05) is 16.0 Å². The zero-order chi connectivity index (χ0) is 9.26. The molecule has 1 aromatic carbocycles. The number of anilines is 1. The summed E-state index contributed by atoms with van der Waals surface area (Å²) in [5, 5.41) is 9.37. The van der Waals surface area contributed by atoms with Gasteiger partial charge in [-0.1, -0.05) is 6.07 Å². The Hall–Kier alpha value is -2.15. The Morgan fingerprint density at radius 3 is 2.85 bits per heavy atom. The lowest BCUT2D eigenvalue weighted by molar-refractivity contribution is 1.37. The van der Waals surface area contributed by atoms with Gasteiger partial charge in [0.2, 0.25) is 0 Å². The van der Waals surface area contributed by atoms with Crippen molar-refractivity contribution in [3.8, 4) is 0 Å². The molecular formula is C9H7N4+. The fraction of sp³-hybridized carbons (Fsp3) is 0. The number of rotatable bonds is 0. The first-order chi connectivity index (χ1) is 6.31. The summed E-state index contributed by atoms with van der Waals surface area (Å²) in [6.45, 7) is 0. The van der Waals surface area contributed by atoms with Crippen LogP contribution >= 0.6 is 0 Å². The van der Waals surface area contributed by atoms with Crippen LogP contribution in [0.1, 0.15) is 0 Å². The Labute approximate surface area is 74.6 Å². The summed E-state index contributed by atoms with van der Waals surface area (Å²) in [6, 6.07) is 8.83. The Kier molecular flexibility index (Phi) is 1.57. The van der Waals surface area contributed by atoms with E-state index in [1.807, 2.05) is 12.1 Å². The van der Waals surface area contributed by atoms with Crippen LogP contribution in [0.2, 0.25) is 0 Å². The van der Waals surface area contributed by atoms with Crippen LogP contribution in [-0.4, -0.2) is 4.98 Å². The van der Waals surface area contributed by atoms with Gasteiger partial charge in [-0.05, 0) is 23.2 Å². The average Bonchev–Trinajstić information content (AvgIpc) is 2.18. The highest BCUT2D eigenvalue weighted by Gasteiger charge is 2.09. The van der Waals surface area contributed by atoms with Gasteiger partial charge in [-0.25, -0.2) is 0 Å². The van der Waals surface area contributed by atoms with Gasteiger partial charge in [0.25, 0.3) is 0 Å². The van der Waals surface area contributed by atoms with Gasteiger partial charge in [0.05, 0.1) is 11.5 Å². The minimum absolute atomic E-state index is 0.290. The number of aromatic nitrogens is 1. The Bertz CT molecular complexity index is 498. The molecule has 0 spiro atoms. The molecule has 0 aliphatic rings. The number of pyridine rings is 1. The maximum absolute atomic E-state index is 8.50. The number of hydrogen-bond donors (Lipinski definition) is 1. The van der Waals surface area contributed by atoms with Gasteiger partial charge in [0.15, 0.2) is 5.52 Å². The van der Waals surface area contributed by atoms with Crippen LogP contribution < -0.4 is 5.73 Å². The molecule has 0 aliphatic carbocycles. The van der Waals surface area contributed by atoms with Crippen molar-refractivity contribution < 1.29 is 0 Å². The normalized spacial score (nSPS) is 9.77. The zero-order valence-electron chi connectivity index (χ0n) is 6.81. The summed E-state index contributed by atoms with van der Waals surface area (Å²) in [6.07, 6.45) is 0. The second-order valence-corrected chi connectivity index (χ2v) is 2.68. The third kappa shape index (κ3) is 1.16. The van der Waals surface area contributed by atoms with Crippen LogP contribution in [0.5, 0.6) is 0 Å². The maximum atomic E-state index is 8.50. The van der Waals surface area contributed by atoms with Gasteiger partial charge in [-0.3, -0.25) is 0 Å². The lowest BCUT2D eigenvalue weighted by Gasteiger charge is -1.94. The number of benzene rings is 1. The molecule has 0 fully saturated rings. The molecule has 1 heterocycles. The summed E-state index contributed by atoms with van der Waals surface area (Å²) >= 11 is 0. The van der Waals surface area contributed by atoms with Gasteiger partial charge in [-0.15, -0.1) is 0 Å². The second-order valence-electron chi connectivity index (χ2n) is 2.68. The Morgan fingerprint density at radius 2 is 2.08 bits per heavy atom. The zero-order valence-corrected chi connectivity index (χ0v) is 6.81. The van der Waals surface area contributed by atoms with E-state index in [2.05, 4.69) is 9.96 Å². The standard InChI is InChI=1S/C9H7N4/c10-7-2-1-3-8-6(7)4-5-9(12-8)13-11/h1-5H,10H2/q+1. The molecule has 0 unspecified atom stereocenters. The molecule has 0 aliphatic heterocycles. The van der Waals surface area contributed by atoms with Crippen molar-refractivity contribution in [2.75, 3.05) is 5.73 Å². The van der Waals surface area contributed by atoms with E-state index in [0.717, 1.165) is 10.9 Å². The number of hydrogen-bond acceptors (Lipinski definition) is 3. The van der Waals surface area contributed by atoms with E-state index in [0.29, 0.717) is 5.69 Å². The predicted octanol–water partition coefficient (Wildman–Crippen LogP) is 2.30. The quantitative estimate of drug-likeness (QED) is 0.488. The van der Waals surface area contributed by atoms with Crippen molar-refractivity contribution in [2.24, 2.45) is 0 Å². The van der Waals surface area contributed by atoms with Gasteiger partial charge in [0.1, 0.15) is 0 Å². The first-order valence-electron chi connectivity index (χ1n) is 3.81. The lowest BCUT2D eigenvalue weighted by Crippen LogP contribution is -1.87. The molecule has 0 radical (unpaired) electrons. The molecule has 13 heavy (non-hydrogen) atoms. The summed E-state index contributed by atoms with van der Waals surface area (Å²) in [7, 11) is 0. The molecule has 0 bridgehead atoms. The van der Waals surface area contributed by atoms with Crippen molar-refractivity contribution in [1.82, 2.24) is 4.98 Å². The average molecular weight is 171 g/mol. The van der Waals surface area contributed by atoms with Crippen molar-refractivity contribution in [1.29, 1.82) is 5.39 Å².